The Morgan fingerprint density at radius 2 is 2.25 bits per heavy atom. The lowest BCUT2D eigenvalue weighted by molar-refractivity contribution is 0.275. The van der Waals surface area contributed by atoms with Crippen molar-refractivity contribution in [3.8, 4) is 0 Å². The van der Waals surface area contributed by atoms with Crippen molar-refractivity contribution < 1.29 is 5.11 Å². The van der Waals surface area contributed by atoms with Crippen LogP contribution < -0.4 is 5.73 Å². The first kappa shape index (κ1) is 9.09. The fraction of sp³-hybridized carbons (Fsp3) is 0.500. The third kappa shape index (κ3) is 2.25. The van der Waals surface area contributed by atoms with Gasteiger partial charge in [0, 0.05) is 12.8 Å². The summed E-state index contributed by atoms with van der Waals surface area (Å²) in [5.74, 6) is 0. The first-order chi connectivity index (χ1) is 5.74. The zero-order chi connectivity index (χ0) is 8.97. The van der Waals surface area contributed by atoms with Crippen LogP contribution in [0.15, 0.2) is 12.4 Å². The van der Waals surface area contributed by atoms with E-state index >= 15 is 0 Å². The van der Waals surface area contributed by atoms with E-state index in [0.29, 0.717) is 6.42 Å². The molecule has 0 fully saturated rings. The quantitative estimate of drug-likeness (QED) is 0.673. The number of nitrogens with two attached hydrogens (primary N) is 1. The van der Waals surface area contributed by atoms with Crippen molar-refractivity contribution in [2.75, 3.05) is 6.61 Å². The maximum absolute atomic E-state index is 8.62. The zero-order valence-electron chi connectivity index (χ0n) is 7.07. The van der Waals surface area contributed by atoms with E-state index in [2.05, 4.69) is 9.97 Å². The second-order valence-corrected chi connectivity index (χ2v) is 2.70. The first-order valence-electron chi connectivity index (χ1n) is 3.89. The largest absolute Gasteiger partial charge is 0.396 e. The Bertz CT molecular complexity index is 235. The molecule has 66 valence electrons. The molecule has 12 heavy (non-hydrogen) atoms. The average molecular weight is 167 g/mol. The Kier molecular flexibility index (Phi) is 3.13. The Balaban J connectivity index is 2.68. The Morgan fingerprint density at radius 3 is 2.75 bits per heavy atom. The highest BCUT2D eigenvalue weighted by molar-refractivity contribution is 5.04. The van der Waals surface area contributed by atoms with Crippen LogP contribution in [0.25, 0.3) is 0 Å². The van der Waals surface area contributed by atoms with Gasteiger partial charge in [0.1, 0.15) is 0 Å². The Labute approximate surface area is 71.5 Å². The van der Waals surface area contributed by atoms with Gasteiger partial charge in [-0.25, -0.2) is 0 Å². The van der Waals surface area contributed by atoms with Gasteiger partial charge >= 0.3 is 0 Å². The monoisotopic (exact) mass is 167 g/mol. The number of hydrogen-bond donors (Lipinski definition) is 2. The molecule has 0 aromatic carbocycles. The van der Waals surface area contributed by atoms with E-state index in [1.165, 1.54) is 0 Å². The number of aryl methyl sites for hydroxylation is 1. The molecule has 0 aliphatic carbocycles. The highest BCUT2D eigenvalue weighted by Crippen LogP contribution is 2.08. The van der Waals surface area contributed by atoms with Gasteiger partial charge in [-0.1, -0.05) is 0 Å². The molecule has 1 heterocycles. The SMILES string of the molecule is Cc1cnc(C(N)CCO)cn1. The van der Waals surface area contributed by atoms with E-state index in [-0.39, 0.29) is 12.6 Å². The molecule has 0 radical (unpaired) electrons. The van der Waals surface area contributed by atoms with Gasteiger partial charge in [0.15, 0.2) is 0 Å². The number of nitrogens with zero attached hydrogens (tertiary/aromatic N) is 2. The predicted octanol–water partition coefficient (Wildman–Crippen LogP) is 0.167. The molecule has 0 saturated carbocycles. The summed E-state index contributed by atoms with van der Waals surface area (Å²) in [5.41, 5.74) is 7.29. The van der Waals surface area contributed by atoms with Crippen molar-refractivity contribution in [1.29, 1.82) is 0 Å². The first-order valence-corrected chi connectivity index (χ1v) is 3.89. The maximum atomic E-state index is 8.62. The molecule has 3 N–H and O–H groups in total. The molecule has 0 spiro atoms. The molecule has 1 aromatic rings. The number of rotatable bonds is 3. The minimum atomic E-state index is -0.205. The number of aromatic nitrogens is 2. The van der Waals surface area contributed by atoms with Crippen LogP contribution in [0.1, 0.15) is 23.9 Å². The van der Waals surface area contributed by atoms with E-state index in [1.807, 2.05) is 6.92 Å². The third-order valence-electron chi connectivity index (χ3n) is 1.62. The van der Waals surface area contributed by atoms with Crippen LogP contribution in [0.4, 0.5) is 0 Å². The Hall–Kier alpha value is -1.00. The van der Waals surface area contributed by atoms with Crippen LogP contribution in [-0.2, 0) is 0 Å². The van der Waals surface area contributed by atoms with E-state index in [1.54, 1.807) is 12.4 Å². The molecule has 4 heteroatoms. The van der Waals surface area contributed by atoms with Crippen LogP contribution in [0.3, 0.4) is 0 Å². The molecule has 1 unspecified atom stereocenters. The van der Waals surface area contributed by atoms with Crippen molar-refractivity contribution >= 4 is 0 Å². The van der Waals surface area contributed by atoms with Gasteiger partial charge in [-0.2, -0.15) is 0 Å². The molecule has 1 atom stereocenters. The molecule has 0 aliphatic heterocycles. The van der Waals surface area contributed by atoms with Crippen molar-refractivity contribution in [2.24, 2.45) is 5.73 Å². The molecule has 4 nitrogen and oxygen atoms in total. The van der Waals surface area contributed by atoms with Gasteiger partial charge in [0.2, 0.25) is 0 Å². The van der Waals surface area contributed by atoms with Gasteiger partial charge in [0.05, 0.1) is 23.6 Å². The summed E-state index contributed by atoms with van der Waals surface area (Å²) >= 11 is 0. The fourth-order valence-electron chi connectivity index (χ4n) is 0.881. The second-order valence-electron chi connectivity index (χ2n) is 2.70. The summed E-state index contributed by atoms with van der Waals surface area (Å²) in [4.78, 5) is 8.16. The number of aliphatic hydroxyl groups is 1. The van der Waals surface area contributed by atoms with E-state index < -0.39 is 0 Å². The van der Waals surface area contributed by atoms with Crippen molar-refractivity contribution in [3.63, 3.8) is 0 Å². The molecular weight excluding hydrogens is 154 g/mol. The normalized spacial score (nSPS) is 12.9. The Morgan fingerprint density at radius 1 is 1.50 bits per heavy atom. The standard InChI is InChI=1S/C8H13N3O/c1-6-4-11-8(5-10-6)7(9)2-3-12/h4-5,7,12H,2-3,9H2,1H3. The molecule has 0 aliphatic rings. The summed E-state index contributed by atoms with van der Waals surface area (Å²) < 4.78 is 0. The summed E-state index contributed by atoms with van der Waals surface area (Å²) in [5, 5.41) is 8.62. The van der Waals surface area contributed by atoms with Gasteiger partial charge in [-0.05, 0) is 13.3 Å². The minimum absolute atomic E-state index is 0.0801. The minimum Gasteiger partial charge on any atom is -0.396 e. The molecular formula is C8H13N3O. The van der Waals surface area contributed by atoms with Gasteiger partial charge < -0.3 is 10.8 Å². The predicted molar refractivity (Wildman–Crippen MR) is 45.4 cm³/mol. The molecule has 0 saturated heterocycles. The molecule has 0 bridgehead atoms. The lowest BCUT2D eigenvalue weighted by atomic mass is 10.2. The summed E-state index contributed by atoms with van der Waals surface area (Å²) in [6.07, 6.45) is 3.85. The van der Waals surface area contributed by atoms with E-state index in [9.17, 15) is 0 Å². The fourth-order valence-corrected chi connectivity index (χ4v) is 0.881. The van der Waals surface area contributed by atoms with E-state index in [4.69, 9.17) is 10.8 Å². The van der Waals surface area contributed by atoms with Crippen LogP contribution >= 0.6 is 0 Å². The van der Waals surface area contributed by atoms with Crippen LogP contribution in [0.2, 0.25) is 0 Å². The van der Waals surface area contributed by atoms with Crippen molar-refractivity contribution in [1.82, 2.24) is 9.97 Å². The smallest absolute Gasteiger partial charge is 0.0754 e. The summed E-state index contributed by atoms with van der Waals surface area (Å²) in [7, 11) is 0. The topological polar surface area (TPSA) is 72.0 Å². The van der Waals surface area contributed by atoms with Gasteiger partial charge in [-0.15, -0.1) is 0 Å². The summed E-state index contributed by atoms with van der Waals surface area (Å²) in [6, 6.07) is -0.205. The van der Waals surface area contributed by atoms with Gasteiger partial charge in [-0.3, -0.25) is 9.97 Å². The second kappa shape index (κ2) is 4.13. The highest BCUT2D eigenvalue weighted by atomic mass is 16.3. The third-order valence-corrected chi connectivity index (χ3v) is 1.62. The molecule has 0 amide bonds. The van der Waals surface area contributed by atoms with Crippen molar-refractivity contribution in [3.05, 3.63) is 23.8 Å². The number of aliphatic hydroxyl groups excluding tert-OH is 1. The molecule has 1 aromatic heterocycles. The summed E-state index contributed by atoms with van der Waals surface area (Å²) in [6.45, 7) is 1.95. The van der Waals surface area contributed by atoms with Crippen molar-refractivity contribution in [2.45, 2.75) is 19.4 Å². The van der Waals surface area contributed by atoms with Gasteiger partial charge in [0.25, 0.3) is 0 Å². The van der Waals surface area contributed by atoms with Crippen LogP contribution in [0, 0.1) is 6.92 Å². The lowest BCUT2D eigenvalue weighted by Gasteiger charge is -2.07. The van der Waals surface area contributed by atoms with Crippen LogP contribution in [0.5, 0.6) is 0 Å². The lowest BCUT2D eigenvalue weighted by Crippen LogP contribution is -2.13. The van der Waals surface area contributed by atoms with E-state index in [0.717, 1.165) is 11.4 Å². The molecule has 1 rings (SSSR count). The van der Waals surface area contributed by atoms with Crippen LogP contribution in [-0.4, -0.2) is 21.7 Å². The number of hydrogen-bond acceptors (Lipinski definition) is 4. The average Bonchev–Trinajstić information content (AvgIpc) is 2.06. The maximum Gasteiger partial charge on any atom is 0.0754 e. The highest BCUT2D eigenvalue weighted by Gasteiger charge is 2.05. The zero-order valence-corrected chi connectivity index (χ0v) is 7.07.